The molecule has 2 amide bonds. The molecule has 8 nitrogen and oxygen atoms in total. The molecule has 2 fully saturated rings. The van der Waals surface area contributed by atoms with Crippen LogP contribution in [0.3, 0.4) is 0 Å². The van der Waals surface area contributed by atoms with E-state index < -0.39 is 0 Å². The number of hydrogen-bond acceptors (Lipinski definition) is 6. The van der Waals surface area contributed by atoms with Crippen molar-refractivity contribution in [1.29, 1.82) is 0 Å². The number of urea groups is 1. The Morgan fingerprint density at radius 1 is 1.21 bits per heavy atom. The molecule has 0 radical (unpaired) electrons. The van der Waals surface area contributed by atoms with Gasteiger partial charge in [-0.2, -0.15) is 0 Å². The first kappa shape index (κ1) is 20.3. The number of amides is 2. The van der Waals surface area contributed by atoms with Gasteiger partial charge in [0.15, 0.2) is 11.5 Å². The minimum atomic E-state index is -0.0395. The molecule has 1 N–H and O–H groups in total. The number of ether oxygens (including phenoxy) is 4. The van der Waals surface area contributed by atoms with Crippen molar-refractivity contribution in [2.75, 3.05) is 59.4 Å². The molecule has 1 aromatic rings. The van der Waals surface area contributed by atoms with Crippen LogP contribution in [0.5, 0.6) is 11.5 Å². The third-order valence-electron chi connectivity index (χ3n) is 5.97. The SMILES string of the molecule is CCN(Cc1ccc2c(c1)OCO2)C(=O)NC[C@@H]([C@@H]1CCOC1)N1CCOCC1. The van der Waals surface area contributed by atoms with Gasteiger partial charge in [-0.05, 0) is 31.0 Å². The number of hydrogen-bond donors (Lipinski definition) is 1. The molecule has 0 aromatic heterocycles. The van der Waals surface area contributed by atoms with Gasteiger partial charge in [0.1, 0.15) is 0 Å². The third-order valence-corrected chi connectivity index (χ3v) is 5.97. The summed E-state index contributed by atoms with van der Waals surface area (Å²) in [5, 5.41) is 3.17. The summed E-state index contributed by atoms with van der Waals surface area (Å²) in [6.45, 7) is 8.95. The first-order valence-electron chi connectivity index (χ1n) is 10.6. The Bertz CT molecular complexity index is 689. The molecule has 0 spiro atoms. The molecule has 0 aliphatic carbocycles. The van der Waals surface area contributed by atoms with E-state index in [-0.39, 0.29) is 18.9 Å². The van der Waals surface area contributed by atoms with Gasteiger partial charge in [-0.3, -0.25) is 4.90 Å². The Morgan fingerprint density at radius 3 is 2.79 bits per heavy atom. The van der Waals surface area contributed by atoms with Gasteiger partial charge in [-0.15, -0.1) is 0 Å². The van der Waals surface area contributed by atoms with Crippen molar-refractivity contribution in [3.05, 3.63) is 23.8 Å². The molecule has 0 unspecified atom stereocenters. The van der Waals surface area contributed by atoms with Gasteiger partial charge in [0.25, 0.3) is 0 Å². The number of rotatable bonds is 7. The predicted octanol–water partition coefficient (Wildman–Crippen LogP) is 1.68. The number of fused-ring (bicyclic) bond motifs is 1. The lowest BCUT2D eigenvalue weighted by Crippen LogP contribution is -2.53. The van der Waals surface area contributed by atoms with Crippen molar-refractivity contribution in [3.8, 4) is 11.5 Å². The maximum Gasteiger partial charge on any atom is 0.317 e. The summed E-state index contributed by atoms with van der Waals surface area (Å²) in [6, 6.07) is 6.08. The Kier molecular flexibility index (Phi) is 6.74. The maximum atomic E-state index is 12.9. The van der Waals surface area contributed by atoms with Crippen molar-refractivity contribution in [1.82, 2.24) is 15.1 Å². The Hall–Kier alpha value is -2.03. The summed E-state index contributed by atoms with van der Waals surface area (Å²) in [4.78, 5) is 17.2. The fourth-order valence-electron chi connectivity index (χ4n) is 4.25. The lowest BCUT2D eigenvalue weighted by atomic mass is 9.97. The van der Waals surface area contributed by atoms with Crippen LogP contribution in [0.25, 0.3) is 0 Å². The van der Waals surface area contributed by atoms with Gasteiger partial charge < -0.3 is 29.2 Å². The van der Waals surface area contributed by atoms with Crippen molar-refractivity contribution >= 4 is 6.03 Å². The first-order valence-corrected chi connectivity index (χ1v) is 10.6. The van der Waals surface area contributed by atoms with E-state index in [2.05, 4.69) is 10.2 Å². The highest BCUT2D eigenvalue weighted by atomic mass is 16.7. The van der Waals surface area contributed by atoms with Crippen LogP contribution >= 0.6 is 0 Å². The number of nitrogens with zero attached hydrogens (tertiary/aromatic N) is 2. The molecule has 3 aliphatic rings. The molecular weight excluding hydrogens is 374 g/mol. The zero-order valence-corrected chi connectivity index (χ0v) is 17.1. The van der Waals surface area contributed by atoms with E-state index in [4.69, 9.17) is 18.9 Å². The minimum Gasteiger partial charge on any atom is -0.454 e. The van der Waals surface area contributed by atoms with Crippen LogP contribution in [0.1, 0.15) is 18.9 Å². The molecule has 1 aromatic carbocycles. The standard InChI is InChI=1S/C21H31N3O5/c1-2-23(13-16-3-4-19-20(11-16)29-15-28-19)21(25)22-12-18(17-5-8-27-14-17)24-6-9-26-10-7-24/h3-4,11,17-18H,2,5-10,12-15H2,1H3,(H,22,25)/t17-,18+/m1/s1. The van der Waals surface area contributed by atoms with Crippen LogP contribution < -0.4 is 14.8 Å². The monoisotopic (exact) mass is 405 g/mol. The van der Waals surface area contributed by atoms with E-state index in [1.54, 1.807) is 0 Å². The second kappa shape index (κ2) is 9.65. The highest BCUT2D eigenvalue weighted by Crippen LogP contribution is 2.32. The summed E-state index contributed by atoms with van der Waals surface area (Å²) in [7, 11) is 0. The van der Waals surface area contributed by atoms with Gasteiger partial charge in [-0.25, -0.2) is 4.79 Å². The maximum absolute atomic E-state index is 12.9. The first-order chi connectivity index (χ1) is 14.2. The average molecular weight is 405 g/mol. The second-order valence-corrected chi connectivity index (χ2v) is 7.73. The van der Waals surface area contributed by atoms with Crippen molar-refractivity contribution in [3.63, 3.8) is 0 Å². The summed E-state index contributed by atoms with van der Waals surface area (Å²) in [5.74, 6) is 1.96. The summed E-state index contributed by atoms with van der Waals surface area (Å²) in [5.41, 5.74) is 1.03. The van der Waals surface area contributed by atoms with Crippen molar-refractivity contribution in [2.45, 2.75) is 25.9 Å². The van der Waals surface area contributed by atoms with Crippen molar-refractivity contribution < 1.29 is 23.7 Å². The fourth-order valence-corrected chi connectivity index (χ4v) is 4.25. The highest BCUT2D eigenvalue weighted by Gasteiger charge is 2.32. The molecule has 3 heterocycles. The normalized spacial score (nSPS) is 22.4. The quantitative estimate of drug-likeness (QED) is 0.744. The van der Waals surface area contributed by atoms with Crippen LogP contribution in [0.2, 0.25) is 0 Å². The third kappa shape index (κ3) is 4.94. The molecule has 3 aliphatic heterocycles. The number of carbonyl (C=O) groups excluding carboxylic acids is 1. The lowest BCUT2D eigenvalue weighted by molar-refractivity contribution is 0.00186. The molecule has 29 heavy (non-hydrogen) atoms. The van der Waals surface area contributed by atoms with E-state index in [0.29, 0.717) is 25.6 Å². The summed E-state index contributed by atoms with van der Waals surface area (Å²) >= 11 is 0. The molecule has 0 bridgehead atoms. The van der Waals surface area contributed by atoms with Crippen LogP contribution in [0.4, 0.5) is 4.79 Å². The Balaban J connectivity index is 1.35. The molecule has 2 saturated heterocycles. The van der Waals surface area contributed by atoms with Gasteiger partial charge in [0.05, 0.1) is 19.8 Å². The van der Waals surface area contributed by atoms with E-state index in [0.717, 1.165) is 63.0 Å². The largest absolute Gasteiger partial charge is 0.454 e. The van der Waals surface area contributed by atoms with Crippen molar-refractivity contribution in [2.24, 2.45) is 5.92 Å². The lowest BCUT2D eigenvalue weighted by Gasteiger charge is -2.37. The Morgan fingerprint density at radius 2 is 2.03 bits per heavy atom. The molecule has 8 heteroatoms. The van der Waals surface area contributed by atoms with Crippen LogP contribution in [-0.2, 0) is 16.0 Å². The summed E-state index contributed by atoms with van der Waals surface area (Å²) in [6.07, 6.45) is 1.05. The Labute approximate surface area is 172 Å². The molecule has 160 valence electrons. The smallest absolute Gasteiger partial charge is 0.317 e. The van der Waals surface area contributed by atoms with E-state index in [1.807, 2.05) is 30.0 Å². The van der Waals surface area contributed by atoms with Crippen LogP contribution in [0, 0.1) is 5.92 Å². The number of carbonyl (C=O) groups is 1. The molecule has 2 atom stereocenters. The van der Waals surface area contributed by atoms with Gasteiger partial charge >= 0.3 is 6.03 Å². The zero-order chi connectivity index (χ0) is 20.1. The van der Waals surface area contributed by atoms with Gasteiger partial charge in [-0.1, -0.05) is 6.07 Å². The average Bonchev–Trinajstić information content (AvgIpc) is 3.44. The molecule has 4 rings (SSSR count). The molecule has 0 saturated carbocycles. The summed E-state index contributed by atoms with van der Waals surface area (Å²) < 4.78 is 21.9. The van der Waals surface area contributed by atoms with Gasteiger partial charge in [0, 0.05) is 51.3 Å². The number of morpholine rings is 1. The zero-order valence-electron chi connectivity index (χ0n) is 17.1. The number of nitrogens with one attached hydrogen (secondary N) is 1. The van der Waals surface area contributed by atoms with Crippen LogP contribution in [0.15, 0.2) is 18.2 Å². The minimum absolute atomic E-state index is 0.0395. The number of benzene rings is 1. The predicted molar refractivity (Wildman–Crippen MR) is 107 cm³/mol. The molecular formula is C21H31N3O5. The van der Waals surface area contributed by atoms with Gasteiger partial charge in [0.2, 0.25) is 6.79 Å². The second-order valence-electron chi connectivity index (χ2n) is 7.73. The fraction of sp³-hybridized carbons (Fsp3) is 0.667. The van der Waals surface area contributed by atoms with E-state index in [9.17, 15) is 4.79 Å². The van der Waals surface area contributed by atoms with E-state index >= 15 is 0 Å². The highest BCUT2D eigenvalue weighted by molar-refractivity contribution is 5.74. The topological polar surface area (TPSA) is 72.5 Å². The van der Waals surface area contributed by atoms with Crippen LogP contribution in [-0.4, -0.2) is 81.3 Å². The van der Waals surface area contributed by atoms with E-state index in [1.165, 1.54) is 0 Å².